The molecule has 0 bridgehead atoms. The van der Waals surface area contributed by atoms with Crippen molar-refractivity contribution in [1.82, 2.24) is 4.98 Å². The zero-order valence-electron chi connectivity index (χ0n) is 6.40. The van der Waals surface area contributed by atoms with E-state index in [0.717, 1.165) is 0 Å². The van der Waals surface area contributed by atoms with E-state index in [-0.39, 0.29) is 5.82 Å². The smallest absolute Gasteiger partial charge is 0.399 e. The van der Waals surface area contributed by atoms with Gasteiger partial charge in [0.2, 0.25) is 5.75 Å². The number of pyridine rings is 1. The number of halogens is 5. The van der Waals surface area contributed by atoms with E-state index < -0.39 is 23.1 Å². The highest BCUT2D eigenvalue weighted by Gasteiger charge is 2.34. The second-order valence-corrected chi connectivity index (χ2v) is 2.55. The Morgan fingerprint density at radius 2 is 2.00 bits per heavy atom. The Kier molecular flexibility index (Phi) is 2.70. The van der Waals surface area contributed by atoms with Crippen LogP contribution in [-0.2, 0) is 0 Å². The van der Waals surface area contributed by atoms with E-state index in [0.29, 0.717) is 6.07 Å². The van der Waals surface area contributed by atoms with Crippen molar-refractivity contribution < 1.29 is 22.3 Å². The molecule has 3 nitrogen and oxygen atoms in total. The summed E-state index contributed by atoms with van der Waals surface area (Å²) in [6.45, 7) is 0. The molecule has 0 amide bonds. The van der Waals surface area contributed by atoms with E-state index in [1.807, 2.05) is 0 Å². The highest BCUT2D eigenvalue weighted by molar-refractivity contribution is 6.30. The maximum absolute atomic E-state index is 12.8. The first-order valence-electron chi connectivity index (χ1n) is 3.17. The molecule has 14 heavy (non-hydrogen) atoms. The lowest BCUT2D eigenvalue weighted by Gasteiger charge is -2.10. The molecule has 0 aromatic carbocycles. The van der Waals surface area contributed by atoms with E-state index in [1.165, 1.54) is 0 Å². The van der Waals surface area contributed by atoms with Gasteiger partial charge in [0.05, 0.1) is 0 Å². The van der Waals surface area contributed by atoms with Crippen LogP contribution in [0.2, 0.25) is 5.15 Å². The minimum absolute atomic E-state index is 0.331. The van der Waals surface area contributed by atoms with E-state index in [9.17, 15) is 17.6 Å². The second kappa shape index (κ2) is 3.49. The minimum Gasteiger partial charge on any atom is -0.399 e. The molecule has 1 aromatic rings. The maximum Gasteiger partial charge on any atom is 0.573 e. The van der Waals surface area contributed by atoms with Gasteiger partial charge < -0.3 is 10.5 Å². The fourth-order valence-corrected chi connectivity index (χ4v) is 0.923. The zero-order chi connectivity index (χ0) is 10.9. The highest BCUT2D eigenvalue weighted by Crippen LogP contribution is 2.32. The van der Waals surface area contributed by atoms with Gasteiger partial charge in [-0.2, -0.15) is 0 Å². The minimum atomic E-state index is -5.03. The Hall–Kier alpha value is -1.24. The summed E-state index contributed by atoms with van der Waals surface area (Å²) in [4.78, 5) is 3.20. The second-order valence-electron chi connectivity index (χ2n) is 2.20. The topological polar surface area (TPSA) is 48.1 Å². The first-order valence-corrected chi connectivity index (χ1v) is 3.54. The molecule has 1 rings (SSSR count). The summed E-state index contributed by atoms with van der Waals surface area (Å²) in [5, 5.41) is -0.778. The molecule has 0 atom stereocenters. The first-order chi connectivity index (χ1) is 6.29. The summed E-state index contributed by atoms with van der Waals surface area (Å²) in [6.07, 6.45) is -5.03. The number of aromatic nitrogens is 1. The summed E-state index contributed by atoms with van der Waals surface area (Å²) in [5.74, 6) is -2.84. The van der Waals surface area contributed by atoms with Crippen molar-refractivity contribution in [3.63, 3.8) is 0 Å². The SMILES string of the molecule is Nc1cc(F)c(OC(F)(F)F)c(Cl)n1. The van der Waals surface area contributed by atoms with Crippen LogP contribution in [0.5, 0.6) is 5.75 Å². The number of hydrogen-bond acceptors (Lipinski definition) is 3. The summed E-state index contributed by atoms with van der Waals surface area (Å²) in [7, 11) is 0. The number of alkyl halides is 3. The predicted octanol–water partition coefficient (Wildman–Crippen LogP) is 2.35. The molecule has 1 heterocycles. The van der Waals surface area contributed by atoms with Gasteiger partial charge in [-0.15, -0.1) is 13.2 Å². The van der Waals surface area contributed by atoms with Crippen LogP contribution in [0, 0.1) is 5.82 Å². The van der Waals surface area contributed by atoms with E-state index in [1.54, 1.807) is 0 Å². The van der Waals surface area contributed by atoms with Crippen molar-refractivity contribution in [3.8, 4) is 5.75 Å². The lowest BCUT2D eigenvalue weighted by Crippen LogP contribution is -2.18. The average molecular weight is 231 g/mol. The van der Waals surface area contributed by atoms with Crippen LogP contribution >= 0.6 is 11.6 Å². The Bertz CT molecular complexity index is 331. The lowest BCUT2D eigenvalue weighted by molar-refractivity contribution is -0.275. The quantitative estimate of drug-likeness (QED) is 0.595. The molecule has 78 valence electrons. The molecule has 0 saturated carbocycles. The summed E-state index contributed by atoms with van der Waals surface area (Å²) >= 11 is 5.18. The Morgan fingerprint density at radius 1 is 1.43 bits per heavy atom. The average Bonchev–Trinajstić information content (AvgIpc) is 1.95. The lowest BCUT2D eigenvalue weighted by atomic mass is 10.4. The van der Waals surface area contributed by atoms with Crippen LogP contribution in [0.4, 0.5) is 23.4 Å². The summed E-state index contributed by atoms with van der Waals surface area (Å²) < 4.78 is 51.2. The van der Waals surface area contributed by atoms with Gasteiger partial charge in [0.25, 0.3) is 0 Å². The van der Waals surface area contributed by atoms with E-state index in [4.69, 9.17) is 17.3 Å². The number of nitrogens with two attached hydrogens (primary N) is 1. The van der Waals surface area contributed by atoms with Crippen LogP contribution in [0.1, 0.15) is 0 Å². The number of rotatable bonds is 1. The fourth-order valence-electron chi connectivity index (χ4n) is 0.697. The first kappa shape index (κ1) is 10.8. The van der Waals surface area contributed by atoms with Gasteiger partial charge in [-0.3, -0.25) is 0 Å². The molecule has 2 N–H and O–H groups in total. The van der Waals surface area contributed by atoms with Crippen LogP contribution in [0.25, 0.3) is 0 Å². The fraction of sp³-hybridized carbons (Fsp3) is 0.167. The van der Waals surface area contributed by atoms with E-state index in [2.05, 4.69) is 9.72 Å². The highest BCUT2D eigenvalue weighted by atomic mass is 35.5. The Morgan fingerprint density at radius 3 is 2.43 bits per heavy atom. The van der Waals surface area contributed by atoms with Crippen LogP contribution in [-0.4, -0.2) is 11.3 Å². The summed E-state index contributed by atoms with van der Waals surface area (Å²) in [6, 6.07) is 0.576. The number of nitrogen functional groups attached to an aromatic ring is 1. The van der Waals surface area contributed by atoms with Crippen molar-refractivity contribution >= 4 is 17.4 Å². The predicted molar refractivity (Wildman–Crippen MR) is 40.3 cm³/mol. The van der Waals surface area contributed by atoms with Crippen molar-refractivity contribution in [2.24, 2.45) is 0 Å². The number of anilines is 1. The Balaban J connectivity index is 3.09. The van der Waals surface area contributed by atoms with Gasteiger partial charge in [-0.25, -0.2) is 9.37 Å². The van der Waals surface area contributed by atoms with Crippen molar-refractivity contribution in [2.75, 3.05) is 5.73 Å². The van der Waals surface area contributed by atoms with Crippen LogP contribution < -0.4 is 10.5 Å². The molecule has 0 aliphatic heterocycles. The van der Waals surface area contributed by atoms with Crippen molar-refractivity contribution in [1.29, 1.82) is 0 Å². The molecular weight excluding hydrogens is 228 g/mol. The summed E-state index contributed by atoms with van der Waals surface area (Å²) in [5.41, 5.74) is 5.02. The molecule has 8 heteroatoms. The van der Waals surface area contributed by atoms with Crippen LogP contribution in [0.15, 0.2) is 6.07 Å². The molecule has 0 fully saturated rings. The number of ether oxygens (including phenoxy) is 1. The Labute approximate surface area is 80.4 Å². The normalized spacial score (nSPS) is 11.5. The molecule has 0 unspecified atom stereocenters. The number of hydrogen-bond donors (Lipinski definition) is 1. The molecule has 1 aromatic heterocycles. The maximum atomic E-state index is 12.8. The van der Waals surface area contributed by atoms with Gasteiger partial charge in [0, 0.05) is 6.07 Å². The zero-order valence-corrected chi connectivity index (χ0v) is 7.16. The van der Waals surface area contributed by atoms with Gasteiger partial charge >= 0.3 is 6.36 Å². The monoisotopic (exact) mass is 230 g/mol. The third kappa shape index (κ3) is 2.63. The van der Waals surface area contributed by atoms with Crippen molar-refractivity contribution in [3.05, 3.63) is 17.0 Å². The third-order valence-electron chi connectivity index (χ3n) is 1.12. The standard InChI is InChI=1S/C6H3ClF4N2O/c7-5-4(14-6(9,10)11)2(8)1-3(12)13-5/h1H,(H2,12,13). The van der Waals surface area contributed by atoms with E-state index >= 15 is 0 Å². The van der Waals surface area contributed by atoms with Crippen LogP contribution in [0.3, 0.4) is 0 Å². The molecular formula is C6H3ClF4N2O. The molecule has 0 radical (unpaired) electrons. The molecule has 0 spiro atoms. The third-order valence-corrected chi connectivity index (χ3v) is 1.38. The molecule has 0 aliphatic carbocycles. The van der Waals surface area contributed by atoms with Gasteiger partial charge in [-0.05, 0) is 0 Å². The number of nitrogens with zero attached hydrogens (tertiary/aromatic N) is 1. The van der Waals surface area contributed by atoms with Crippen molar-refractivity contribution in [2.45, 2.75) is 6.36 Å². The molecule has 0 saturated heterocycles. The largest absolute Gasteiger partial charge is 0.573 e. The molecule has 0 aliphatic rings. The van der Waals surface area contributed by atoms with Gasteiger partial charge in [0.1, 0.15) is 5.82 Å². The van der Waals surface area contributed by atoms with Gasteiger partial charge in [0.15, 0.2) is 11.0 Å². The van der Waals surface area contributed by atoms with Gasteiger partial charge in [-0.1, -0.05) is 11.6 Å².